The minimum absolute atomic E-state index is 0.512. The highest BCUT2D eigenvalue weighted by Crippen LogP contribution is 2.24. The van der Waals surface area contributed by atoms with E-state index in [2.05, 4.69) is 22.4 Å². The molecule has 1 aromatic rings. The van der Waals surface area contributed by atoms with Crippen LogP contribution in [0.2, 0.25) is 0 Å². The molecule has 1 aliphatic rings. The van der Waals surface area contributed by atoms with Gasteiger partial charge in [-0.05, 0) is 30.0 Å². The van der Waals surface area contributed by atoms with Crippen LogP contribution < -0.4 is 5.32 Å². The Balaban J connectivity index is 1.96. The lowest BCUT2D eigenvalue weighted by atomic mass is 9.98. The van der Waals surface area contributed by atoms with E-state index in [0.29, 0.717) is 12.0 Å². The summed E-state index contributed by atoms with van der Waals surface area (Å²) in [7, 11) is 1.75. The second-order valence-corrected chi connectivity index (χ2v) is 3.77. The highest BCUT2D eigenvalue weighted by molar-refractivity contribution is 5.18. The highest BCUT2D eigenvalue weighted by atomic mass is 16.5. The summed E-state index contributed by atoms with van der Waals surface area (Å²) in [6, 6.07) is 4.71. The van der Waals surface area contributed by atoms with Crippen molar-refractivity contribution in [3.63, 3.8) is 0 Å². The monoisotopic (exact) mass is 192 g/mol. The van der Waals surface area contributed by atoms with Gasteiger partial charge in [-0.3, -0.25) is 4.98 Å². The molecule has 1 fully saturated rings. The average molecular weight is 192 g/mol. The van der Waals surface area contributed by atoms with Gasteiger partial charge in [-0.2, -0.15) is 0 Å². The number of aromatic nitrogens is 1. The van der Waals surface area contributed by atoms with E-state index in [1.807, 2.05) is 12.4 Å². The Labute approximate surface area is 84.5 Å². The maximum Gasteiger partial charge on any atom is 0.0616 e. The van der Waals surface area contributed by atoms with Crippen LogP contribution in [0.5, 0.6) is 0 Å². The number of pyridine rings is 1. The Morgan fingerprint density at radius 2 is 2.29 bits per heavy atom. The Bertz CT molecular complexity index is 276. The molecule has 3 heteroatoms. The van der Waals surface area contributed by atoms with Crippen molar-refractivity contribution < 1.29 is 4.74 Å². The lowest BCUT2D eigenvalue weighted by molar-refractivity contribution is 0.173. The van der Waals surface area contributed by atoms with Gasteiger partial charge in [0.2, 0.25) is 0 Å². The zero-order valence-electron chi connectivity index (χ0n) is 8.44. The Morgan fingerprint density at radius 3 is 3.00 bits per heavy atom. The fourth-order valence-corrected chi connectivity index (χ4v) is 2.04. The summed E-state index contributed by atoms with van der Waals surface area (Å²) in [5.74, 6) is 0.623. The number of hydrogen-bond acceptors (Lipinski definition) is 3. The average Bonchev–Trinajstić information content (AvgIpc) is 2.68. The molecule has 3 nitrogen and oxygen atoms in total. The van der Waals surface area contributed by atoms with Crippen LogP contribution in [0.25, 0.3) is 0 Å². The predicted molar refractivity (Wildman–Crippen MR) is 55.3 cm³/mol. The molecule has 2 heterocycles. The van der Waals surface area contributed by atoms with Crippen LogP contribution in [0.15, 0.2) is 24.5 Å². The summed E-state index contributed by atoms with van der Waals surface area (Å²) < 4.78 is 5.14. The maximum absolute atomic E-state index is 5.14. The zero-order chi connectivity index (χ0) is 9.80. The molecule has 1 aromatic heterocycles. The van der Waals surface area contributed by atoms with Gasteiger partial charge in [-0.1, -0.05) is 0 Å². The normalized spacial score (nSPS) is 26.6. The van der Waals surface area contributed by atoms with E-state index < -0.39 is 0 Å². The van der Waals surface area contributed by atoms with Crippen molar-refractivity contribution in [2.24, 2.45) is 0 Å². The lowest BCUT2D eigenvalue weighted by Gasteiger charge is -2.09. The minimum Gasteiger partial charge on any atom is -0.383 e. The molecule has 2 unspecified atom stereocenters. The fourth-order valence-electron chi connectivity index (χ4n) is 2.04. The van der Waals surface area contributed by atoms with Gasteiger partial charge >= 0.3 is 0 Å². The first-order chi connectivity index (χ1) is 6.90. The maximum atomic E-state index is 5.14. The van der Waals surface area contributed by atoms with Crippen molar-refractivity contribution in [2.75, 3.05) is 20.3 Å². The molecule has 0 aromatic carbocycles. The molecule has 0 bridgehead atoms. The molecule has 14 heavy (non-hydrogen) atoms. The van der Waals surface area contributed by atoms with Gasteiger partial charge in [0, 0.05) is 32.1 Å². The van der Waals surface area contributed by atoms with E-state index in [-0.39, 0.29) is 0 Å². The molecule has 1 saturated heterocycles. The van der Waals surface area contributed by atoms with Gasteiger partial charge in [0.15, 0.2) is 0 Å². The molecular weight excluding hydrogens is 176 g/mol. The molecule has 0 aliphatic carbocycles. The standard InChI is InChI=1S/C11H16N2O/c1-14-8-11-6-10(7-13-11)9-2-4-12-5-3-9/h2-5,10-11,13H,6-8H2,1H3. The summed E-state index contributed by atoms with van der Waals surface area (Å²) in [5.41, 5.74) is 1.38. The number of methoxy groups -OCH3 is 1. The van der Waals surface area contributed by atoms with Crippen LogP contribution in [0.4, 0.5) is 0 Å². The first-order valence-corrected chi connectivity index (χ1v) is 5.02. The van der Waals surface area contributed by atoms with E-state index in [4.69, 9.17) is 4.74 Å². The van der Waals surface area contributed by atoms with Crippen LogP contribution in [-0.4, -0.2) is 31.3 Å². The molecule has 1 N–H and O–H groups in total. The first-order valence-electron chi connectivity index (χ1n) is 5.02. The lowest BCUT2D eigenvalue weighted by Crippen LogP contribution is -2.25. The van der Waals surface area contributed by atoms with Crippen molar-refractivity contribution in [1.82, 2.24) is 10.3 Å². The fraction of sp³-hybridized carbons (Fsp3) is 0.545. The number of hydrogen-bond donors (Lipinski definition) is 1. The topological polar surface area (TPSA) is 34.1 Å². The van der Waals surface area contributed by atoms with E-state index in [1.54, 1.807) is 7.11 Å². The van der Waals surface area contributed by atoms with E-state index >= 15 is 0 Å². The molecule has 1 aliphatic heterocycles. The van der Waals surface area contributed by atoms with Gasteiger partial charge < -0.3 is 10.1 Å². The molecule has 2 atom stereocenters. The Morgan fingerprint density at radius 1 is 1.50 bits per heavy atom. The van der Waals surface area contributed by atoms with Gasteiger partial charge in [0.05, 0.1) is 6.61 Å². The third kappa shape index (κ3) is 2.11. The summed E-state index contributed by atoms with van der Waals surface area (Å²) >= 11 is 0. The molecular formula is C11H16N2O. The molecule has 2 rings (SSSR count). The van der Waals surface area contributed by atoms with Crippen molar-refractivity contribution >= 4 is 0 Å². The second kappa shape index (κ2) is 4.53. The SMILES string of the molecule is COCC1CC(c2ccncc2)CN1. The smallest absolute Gasteiger partial charge is 0.0616 e. The number of rotatable bonds is 3. The van der Waals surface area contributed by atoms with E-state index in [9.17, 15) is 0 Å². The summed E-state index contributed by atoms with van der Waals surface area (Å²) in [6.07, 6.45) is 4.88. The third-order valence-electron chi connectivity index (χ3n) is 2.77. The quantitative estimate of drug-likeness (QED) is 0.780. The highest BCUT2D eigenvalue weighted by Gasteiger charge is 2.24. The molecule has 0 saturated carbocycles. The molecule has 76 valence electrons. The summed E-state index contributed by atoms with van der Waals surface area (Å²) in [5, 5.41) is 3.46. The van der Waals surface area contributed by atoms with E-state index in [0.717, 1.165) is 19.6 Å². The van der Waals surface area contributed by atoms with Crippen molar-refractivity contribution in [2.45, 2.75) is 18.4 Å². The van der Waals surface area contributed by atoms with Gasteiger partial charge in [0.1, 0.15) is 0 Å². The van der Waals surface area contributed by atoms with Gasteiger partial charge in [0.25, 0.3) is 0 Å². The van der Waals surface area contributed by atoms with Crippen LogP contribution >= 0.6 is 0 Å². The van der Waals surface area contributed by atoms with Crippen LogP contribution in [0, 0.1) is 0 Å². The minimum atomic E-state index is 0.512. The molecule has 0 spiro atoms. The zero-order valence-corrected chi connectivity index (χ0v) is 8.44. The van der Waals surface area contributed by atoms with Crippen molar-refractivity contribution in [1.29, 1.82) is 0 Å². The third-order valence-corrected chi connectivity index (χ3v) is 2.77. The van der Waals surface area contributed by atoms with E-state index in [1.165, 1.54) is 5.56 Å². The Kier molecular flexibility index (Phi) is 3.11. The summed E-state index contributed by atoms with van der Waals surface area (Å²) in [6.45, 7) is 1.86. The van der Waals surface area contributed by atoms with Crippen LogP contribution in [0.1, 0.15) is 17.9 Å². The van der Waals surface area contributed by atoms with Gasteiger partial charge in [-0.15, -0.1) is 0 Å². The first kappa shape index (κ1) is 9.62. The molecule has 0 radical (unpaired) electrons. The van der Waals surface area contributed by atoms with Crippen molar-refractivity contribution in [3.8, 4) is 0 Å². The number of nitrogens with zero attached hydrogens (tertiary/aromatic N) is 1. The second-order valence-electron chi connectivity index (χ2n) is 3.77. The van der Waals surface area contributed by atoms with Crippen LogP contribution in [0.3, 0.4) is 0 Å². The largest absolute Gasteiger partial charge is 0.383 e. The van der Waals surface area contributed by atoms with Crippen molar-refractivity contribution in [3.05, 3.63) is 30.1 Å². The molecule has 0 amide bonds. The summed E-state index contributed by atoms with van der Waals surface area (Å²) in [4.78, 5) is 4.03. The number of nitrogens with one attached hydrogen (secondary N) is 1. The predicted octanol–water partition coefficient (Wildman–Crippen LogP) is 1.17. The van der Waals surface area contributed by atoms with Crippen LogP contribution in [-0.2, 0) is 4.74 Å². The van der Waals surface area contributed by atoms with Gasteiger partial charge in [-0.25, -0.2) is 0 Å². The Hall–Kier alpha value is -0.930. The number of ether oxygens (including phenoxy) is 1.